The Morgan fingerprint density at radius 1 is 1.36 bits per heavy atom. The highest BCUT2D eigenvalue weighted by molar-refractivity contribution is 6.00. The Morgan fingerprint density at radius 3 is 2.36 bits per heavy atom. The summed E-state index contributed by atoms with van der Waals surface area (Å²) in [5.41, 5.74) is -0.312. The standard InChI is InChI=1S/C15H23N3O4/c1-6-17(10-15(2,3)20)14(19)12-9-11(18(21)22)7-8-13(12)16(4)5/h7-9,20H,6,10H2,1-5H3. The third-order valence-corrected chi connectivity index (χ3v) is 3.15. The van der Waals surface area contributed by atoms with Crippen LogP contribution in [0.25, 0.3) is 0 Å². The summed E-state index contributed by atoms with van der Waals surface area (Å²) in [6, 6.07) is 4.21. The lowest BCUT2D eigenvalue weighted by atomic mass is 10.1. The predicted molar refractivity (Wildman–Crippen MR) is 85.3 cm³/mol. The number of benzene rings is 1. The van der Waals surface area contributed by atoms with Crippen LogP contribution in [0.5, 0.6) is 0 Å². The van der Waals surface area contributed by atoms with Gasteiger partial charge >= 0.3 is 0 Å². The molecule has 0 aliphatic rings. The van der Waals surface area contributed by atoms with Gasteiger partial charge in [-0.05, 0) is 26.8 Å². The minimum atomic E-state index is -1.04. The van der Waals surface area contributed by atoms with E-state index >= 15 is 0 Å². The van der Waals surface area contributed by atoms with E-state index in [-0.39, 0.29) is 23.7 Å². The number of carbonyl (C=O) groups is 1. The smallest absolute Gasteiger partial charge is 0.270 e. The molecule has 0 saturated carbocycles. The molecule has 0 atom stereocenters. The second-order valence-corrected chi connectivity index (χ2v) is 5.98. The fourth-order valence-corrected chi connectivity index (χ4v) is 2.16. The van der Waals surface area contributed by atoms with Crippen LogP contribution in [0, 0.1) is 10.1 Å². The van der Waals surface area contributed by atoms with Crippen molar-refractivity contribution in [2.45, 2.75) is 26.4 Å². The van der Waals surface area contributed by atoms with E-state index in [1.165, 1.54) is 17.0 Å². The van der Waals surface area contributed by atoms with Gasteiger partial charge in [0, 0.05) is 45.0 Å². The first-order chi connectivity index (χ1) is 10.1. The quantitative estimate of drug-likeness (QED) is 0.640. The minimum absolute atomic E-state index is 0.131. The van der Waals surface area contributed by atoms with Gasteiger partial charge in [0.15, 0.2) is 0 Å². The predicted octanol–water partition coefficient (Wildman–Crippen LogP) is 1.89. The van der Waals surface area contributed by atoms with Crippen molar-refractivity contribution in [3.63, 3.8) is 0 Å². The van der Waals surface area contributed by atoms with Gasteiger partial charge in [0.05, 0.1) is 16.1 Å². The highest BCUT2D eigenvalue weighted by atomic mass is 16.6. The van der Waals surface area contributed by atoms with Gasteiger partial charge in [0.2, 0.25) is 0 Å². The van der Waals surface area contributed by atoms with E-state index in [0.29, 0.717) is 12.2 Å². The molecule has 0 bridgehead atoms. The van der Waals surface area contributed by atoms with Gasteiger partial charge in [-0.1, -0.05) is 0 Å². The second kappa shape index (κ2) is 6.74. The van der Waals surface area contributed by atoms with Crippen molar-refractivity contribution in [1.29, 1.82) is 0 Å². The van der Waals surface area contributed by atoms with E-state index in [2.05, 4.69) is 0 Å². The number of likely N-dealkylation sites (N-methyl/N-ethyl adjacent to an activating group) is 1. The average Bonchev–Trinajstić information content (AvgIpc) is 2.42. The fraction of sp³-hybridized carbons (Fsp3) is 0.533. The van der Waals surface area contributed by atoms with Gasteiger partial charge in [-0.25, -0.2) is 0 Å². The topological polar surface area (TPSA) is 86.9 Å². The Kier molecular flexibility index (Phi) is 5.48. The molecule has 1 aromatic carbocycles. The van der Waals surface area contributed by atoms with Crippen LogP contribution in [0.15, 0.2) is 18.2 Å². The lowest BCUT2D eigenvalue weighted by molar-refractivity contribution is -0.384. The maximum atomic E-state index is 12.7. The number of nitro benzene ring substituents is 1. The third-order valence-electron chi connectivity index (χ3n) is 3.15. The molecule has 0 aromatic heterocycles. The molecule has 0 radical (unpaired) electrons. The molecule has 0 heterocycles. The first-order valence-electron chi connectivity index (χ1n) is 7.04. The van der Waals surface area contributed by atoms with Gasteiger partial charge < -0.3 is 14.9 Å². The number of hydrogen-bond donors (Lipinski definition) is 1. The number of nitro groups is 1. The van der Waals surface area contributed by atoms with E-state index in [1.807, 2.05) is 0 Å². The number of carbonyl (C=O) groups excluding carboxylic acids is 1. The molecule has 0 fully saturated rings. The molecule has 0 spiro atoms. The number of aliphatic hydroxyl groups is 1. The second-order valence-electron chi connectivity index (χ2n) is 5.98. The van der Waals surface area contributed by atoms with Crippen LogP contribution in [0.3, 0.4) is 0 Å². The average molecular weight is 309 g/mol. The molecule has 1 N–H and O–H groups in total. The Morgan fingerprint density at radius 2 is 1.95 bits per heavy atom. The molecular formula is C15H23N3O4. The summed E-state index contributed by atoms with van der Waals surface area (Å²) in [7, 11) is 3.54. The van der Waals surface area contributed by atoms with E-state index < -0.39 is 10.5 Å². The minimum Gasteiger partial charge on any atom is -0.389 e. The van der Waals surface area contributed by atoms with E-state index in [9.17, 15) is 20.0 Å². The molecule has 1 aromatic rings. The summed E-state index contributed by atoms with van der Waals surface area (Å²) >= 11 is 0. The van der Waals surface area contributed by atoms with Gasteiger partial charge in [-0.3, -0.25) is 14.9 Å². The van der Waals surface area contributed by atoms with Crippen LogP contribution in [0.4, 0.5) is 11.4 Å². The third kappa shape index (κ3) is 4.42. The maximum Gasteiger partial charge on any atom is 0.270 e. The Hall–Kier alpha value is -2.15. The first-order valence-corrected chi connectivity index (χ1v) is 7.04. The van der Waals surface area contributed by atoms with Crippen molar-refractivity contribution in [1.82, 2.24) is 4.90 Å². The molecule has 1 rings (SSSR count). The van der Waals surface area contributed by atoms with Crippen LogP contribution in [0.2, 0.25) is 0 Å². The van der Waals surface area contributed by atoms with E-state index in [1.54, 1.807) is 45.8 Å². The van der Waals surface area contributed by atoms with Gasteiger partial charge in [-0.2, -0.15) is 0 Å². The molecule has 0 aliphatic carbocycles. The van der Waals surface area contributed by atoms with Crippen molar-refractivity contribution < 1.29 is 14.8 Å². The van der Waals surface area contributed by atoms with Crippen LogP contribution in [-0.2, 0) is 0 Å². The van der Waals surface area contributed by atoms with Crippen molar-refractivity contribution >= 4 is 17.3 Å². The normalized spacial score (nSPS) is 11.2. The summed E-state index contributed by atoms with van der Waals surface area (Å²) in [5, 5.41) is 20.9. The Bertz CT molecular complexity index is 564. The zero-order chi connectivity index (χ0) is 17.1. The van der Waals surface area contributed by atoms with Crippen molar-refractivity contribution in [3.05, 3.63) is 33.9 Å². The number of hydrogen-bond acceptors (Lipinski definition) is 5. The summed E-state index contributed by atoms with van der Waals surface area (Å²) in [6.07, 6.45) is 0. The van der Waals surface area contributed by atoms with Crippen molar-refractivity contribution in [2.24, 2.45) is 0 Å². The molecule has 7 nitrogen and oxygen atoms in total. The summed E-state index contributed by atoms with van der Waals surface area (Å²) in [5.74, 6) is -0.336. The zero-order valence-electron chi connectivity index (χ0n) is 13.7. The summed E-state index contributed by atoms with van der Waals surface area (Å²) in [4.78, 5) is 26.4. The molecule has 7 heteroatoms. The lowest BCUT2D eigenvalue weighted by Gasteiger charge is -2.29. The monoisotopic (exact) mass is 309 g/mol. The van der Waals surface area contributed by atoms with Gasteiger partial charge in [0.1, 0.15) is 0 Å². The highest BCUT2D eigenvalue weighted by Crippen LogP contribution is 2.26. The molecule has 22 heavy (non-hydrogen) atoms. The first kappa shape index (κ1) is 17.9. The van der Waals surface area contributed by atoms with Gasteiger partial charge in [0.25, 0.3) is 11.6 Å². The number of non-ortho nitro benzene ring substituents is 1. The van der Waals surface area contributed by atoms with Crippen LogP contribution < -0.4 is 4.90 Å². The molecular weight excluding hydrogens is 286 g/mol. The lowest BCUT2D eigenvalue weighted by Crippen LogP contribution is -2.42. The maximum absolute atomic E-state index is 12.7. The van der Waals surface area contributed by atoms with Crippen molar-refractivity contribution in [2.75, 3.05) is 32.1 Å². The van der Waals surface area contributed by atoms with Crippen LogP contribution >= 0.6 is 0 Å². The van der Waals surface area contributed by atoms with E-state index in [4.69, 9.17) is 0 Å². The summed E-state index contributed by atoms with van der Waals surface area (Å²) in [6.45, 7) is 5.58. The SMILES string of the molecule is CCN(CC(C)(C)O)C(=O)c1cc([N+](=O)[O-])ccc1N(C)C. The molecule has 122 valence electrons. The highest BCUT2D eigenvalue weighted by Gasteiger charge is 2.26. The summed E-state index contributed by atoms with van der Waals surface area (Å²) < 4.78 is 0. The Balaban J connectivity index is 3.28. The zero-order valence-corrected chi connectivity index (χ0v) is 13.7. The number of anilines is 1. The van der Waals surface area contributed by atoms with Crippen LogP contribution in [-0.4, -0.2) is 53.6 Å². The molecule has 0 saturated heterocycles. The number of rotatable bonds is 6. The largest absolute Gasteiger partial charge is 0.389 e. The van der Waals surface area contributed by atoms with Crippen LogP contribution in [0.1, 0.15) is 31.1 Å². The Labute approximate surface area is 130 Å². The van der Waals surface area contributed by atoms with Gasteiger partial charge in [-0.15, -0.1) is 0 Å². The molecule has 1 amide bonds. The molecule has 0 aliphatic heterocycles. The number of nitrogens with zero attached hydrogens (tertiary/aromatic N) is 3. The van der Waals surface area contributed by atoms with E-state index in [0.717, 1.165) is 0 Å². The van der Waals surface area contributed by atoms with Crippen molar-refractivity contribution in [3.8, 4) is 0 Å². The fourth-order valence-electron chi connectivity index (χ4n) is 2.16. The molecule has 0 unspecified atom stereocenters. The number of amides is 1.